The molecule has 0 aliphatic heterocycles. The number of hydrogen-bond donors (Lipinski definition) is 2. The van der Waals surface area contributed by atoms with E-state index in [2.05, 4.69) is 10.1 Å². The van der Waals surface area contributed by atoms with Crippen LogP contribution in [-0.4, -0.2) is 25.6 Å². The first-order chi connectivity index (χ1) is 11.0. The van der Waals surface area contributed by atoms with Gasteiger partial charge in [-0.3, -0.25) is 4.79 Å². The molecule has 6 nitrogen and oxygen atoms in total. The lowest BCUT2D eigenvalue weighted by Gasteiger charge is -2.11. The van der Waals surface area contributed by atoms with Crippen LogP contribution >= 0.6 is 11.6 Å². The van der Waals surface area contributed by atoms with Crippen molar-refractivity contribution in [2.75, 3.05) is 24.8 Å². The molecule has 0 fully saturated rings. The Morgan fingerprint density at radius 1 is 1.22 bits per heavy atom. The highest BCUT2D eigenvalue weighted by molar-refractivity contribution is 6.33. The van der Waals surface area contributed by atoms with E-state index < -0.39 is 11.9 Å². The van der Waals surface area contributed by atoms with Gasteiger partial charge in [-0.1, -0.05) is 23.7 Å². The first kappa shape index (κ1) is 16.6. The smallest absolute Gasteiger partial charge is 0.337 e. The van der Waals surface area contributed by atoms with Crippen LogP contribution in [0.25, 0.3) is 0 Å². The second kappa shape index (κ2) is 7.51. The zero-order chi connectivity index (χ0) is 16.8. The van der Waals surface area contributed by atoms with Crippen molar-refractivity contribution in [2.45, 2.75) is 0 Å². The van der Waals surface area contributed by atoms with Crippen molar-refractivity contribution >= 4 is 34.9 Å². The summed E-state index contributed by atoms with van der Waals surface area (Å²) in [7, 11) is 1.27. The number of nitrogens with one attached hydrogen (secondary N) is 1. The van der Waals surface area contributed by atoms with Gasteiger partial charge < -0.3 is 20.5 Å². The maximum atomic E-state index is 11.9. The summed E-state index contributed by atoms with van der Waals surface area (Å²) in [5.41, 5.74) is 6.84. The van der Waals surface area contributed by atoms with E-state index in [4.69, 9.17) is 22.1 Å². The van der Waals surface area contributed by atoms with Gasteiger partial charge in [0.15, 0.2) is 6.61 Å². The number of nitrogens with two attached hydrogens (primary N) is 1. The SMILES string of the molecule is COC(=O)c1ccc(N)c(OCC(=O)Nc2ccccc2Cl)c1. The molecule has 3 N–H and O–H groups in total. The van der Waals surface area contributed by atoms with E-state index in [1.807, 2.05) is 0 Å². The average molecular weight is 335 g/mol. The molecule has 2 aromatic carbocycles. The highest BCUT2D eigenvalue weighted by atomic mass is 35.5. The Labute approximate surface area is 138 Å². The number of carbonyl (C=O) groups excluding carboxylic acids is 2. The first-order valence-corrected chi connectivity index (χ1v) is 7.04. The van der Waals surface area contributed by atoms with Gasteiger partial charge in [-0.25, -0.2) is 4.79 Å². The number of ether oxygens (including phenoxy) is 2. The van der Waals surface area contributed by atoms with Crippen LogP contribution in [0, 0.1) is 0 Å². The molecule has 0 unspecified atom stereocenters. The Balaban J connectivity index is 2.01. The Hall–Kier alpha value is -2.73. The van der Waals surface area contributed by atoms with Gasteiger partial charge >= 0.3 is 5.97 Å². The molecule has 1 amide bonds. The number of amides is 1. The van der Waals surface area contributed by atoms with Gasteiger partial charge in [0.2, 0.25) is 0 Å². The summed E-state index contributed by atoms with van der Waals surface area (Å²) < 4.78 is 9.98. The predicted octanol–water partition coefficient (Wildman–Crippen LogP) is 2.73. The maximum absolute atomic E-state index is 11.9. The minimum atomic E-state index is -0.518. The van der Waals surface area contributed by atoms with E-state index in [0.717, 1.165) is 0 Å². The second-order valence-electron chi connectivity index (χ2n) is 4.56. The number of halogens is 1. The Kier molecular flexibility index (Phi) is 5.43. The van der Waals surface area contributed by atoms with Gasteiger partial charge in [0.1, 0.15) is 5.75 Å². The van der Waals surface area contributed by atoms with Gasteiger partial charge in [0, 0.05) is 0 Å². The van der Waals surface area contributed by atoms with E-state index >= 15 is 0 Å². The van der Waals surface area contributed by atoms with Gasteiger partial charge in [-0.15, -0.1) is 0 Å². The number of anilines is 2. The number of hydrogen-bond acceptors (Lipinski definition) is 5. The topological polar surface area (TPSA) is 90.7 Å². The lowest BCUT2D eigenvalue weighted by Crippen LogP contribution is -2.20. The fraction of sp³-hybridized carbons (Fsp3) is 0.125. The van der Waals surface area contributed by atoms with Crippen LogP contribution < -0.4 is 15.8 Å². The van der Waals surface area contributed by atoms with Gasteiger partial charge in [0.25, 0.3) is 5.91 Å². The average Bonchev–Trinajstić information content (AvgIpc) is 2.55. The third kappa shape index (κ3) is 4.37. The highest BCUT2D eigenvalue weighted by Gasteiger charge is 2.11. The Morgan fingerprint density at radius 2 is 1.96 bits per heavy atom. The number of para-hydroxylation sites is 1. The number of rotatable bonds is 5. The molecule has 0 bridgehead atoms. The molecule has 0 saturated carbocycles. The van der Waals surface area contributed by atoms with Crippen molar-refractivity contribution in [2.24, 2.45) is 0 Å². The lowest BCUT2D eigenvalue weighted by atomic mass is 10.2. The minimum Gasteiger partial charge on any atom is -0.482 e. The fourth-order valence-electron chi connectivity index (χ4n) is 1.80. The maximum Gasteiger partial charge on any atom is 0.337 e. The first-order valence-electron chi connectivity index (χ1n) is 6.66. The van der Waals surface area contributed by atoms with E-state index in [1.165, 1.54) is 25.3 Å². The second-order valence-corrected chi connectivity index (χ2v) is 4.97. The normalized spacial score (nSPS) is 10.0. The summed E-state index contributed by atoms with van der Waals surface area (Å²) in [5.74, 6) is -0.696. The van der Waals surface area contributed by atoms with Crippen LogP contribution in [0.2, 0.25) is 5.02 Å². The van der Waals surface area contributed by atoms with Crippen molar-refractivity contribution in [3.8, 4) is 5.75 Å². The molecule has 0 aliphatic carbocycles. The molecule has 0 heterocycles. The Morgan fingerprint density at radius 3 is 2.65 bits per heavy atom. The van der Waals surface area contributed by atoms with Crippen LogP contribution in [-0.2, 0) is 9.53 Å². The number of methoxy groups -OCH3 is 1. The molecule has 120 valence electrons. The molecule has 2 rings (SSSR count). The molecular weight excluding hydrogens is 320 g/mol. The van der Waals surface area contributed by atoms with Crippen LogP contribution in [0.4, 0.5) is 11.4 Å². The van der Waals surface area contributed by atoms with Gasteiger partial charge in [0.05, 0.1) is 29.1 Å². The summed E-state index contributed by atoms with van der Waals surface area (Å²) in [4.78, 5) is 23.4. The molecule has 23 heavy (non-hydrogen) atoms. The standard InChI is InChI=1S/C16H15ClN2O4/c1-22-16(21)10-6-7-12(18)14(8-10)23-9-15(20)19-13-5-3-2-4-11(13)17/h2-8H,9,18H2,1H3,(H,19,20). The van der Waals surface area contributed by atoms with Crippen molar-refractivity contribution in [1.82, 2.24) is 0 Å². The summed E-state index contributed by atoms with van der Waals surface area (Å²) in [5, 5.41) is 3.04. The molecule has 2 aromatic rings. The fourth-order valence-corrected chi connectivity index (χ4v) is 1.98. The molecular formula is C16H15ClN2O4. The Bertz CT molecular complexity index is 734. The molecule has 0 radical (unpaired) electrons. The number of carbonyl (C=O) groups is 2. The van der Waals surface area contributed by atoms with E-state index in [0.29, 0.717) is 16.4 Å². The van der Waals surface area contributed by atoms with E-state index in [1.54, 1.807) is 24.3 Å². The third-order valence-corrected chi connectivity index (χ3v) is 3.27. The quantitative estimate of drug-likeness (QED) is 0.648. The van der Waals surface area contributed by atoms with Crippen LogP contribution in [0.3, 0.4) is 0 Å². The third-order valence-electron chi connectivity index (χ3n) is 2.94. The lowest BCUT2D eigenvalue weighted by molar-refractivity contribution is -0.118. The number of esters is 1. The van der Waals surface area contributed by atoms with Gasteiger partial charge in [-0.05, 0) is 30.3 Å². The number of nitrogen functional groups attached to an aromatic ring is 1. The van der Waals surface area contributed by atoms with Crippen LogP contribution in [0.15, 0.2) is 42.5 Å². The van der Waals surface area contributed by atoms with Crippen molar-refractivity contribution < 1.29 is 19.1 Å². The highest BCUT2D eigenvalue weighted by Crippen LogP contribution is 2.24. The number of benzene rings is 2. The molecule has 0 aliphatic rings. The minimum absolute atomic E-state index is 0.224. The molecule has 0 atom stereocenters. The molecule has 0 saturated heterocycles. The van der Waals surface area contributed by atoms with Gasteiger partial charge in [-0.2, -0.15) is 0 Å². The van der Waals surface area contributed by atoms with Crippen LogP contribution in [0.1, 0.15) is 10.4 Å². The monoisotopic (exact) mass is 334 g/mol. The molecule has 0 aromatic heterocycles. The van der Waals surface area contributed by atoms with Crippen LogP contribution in [0.5, 0.6) is 5.75 Å². The van der Waals surface area contributed by atoms with E-state index in [-0.39, 0.29) is 17.9 Å². The predicted molar refractivity (Wildman–Crippen MR) is 87.8 cm³/mol. The molecule has 0 spiro atoms. The van der Waals surface area contributed by atoms with Crippen molar-refractivity contribution in [3.63, 3.8) is 0 Å². The summed E-state index contributed by atoms with van der Waals surface area (Å²) in [6.07, 6.45) is 0. The van der Waals surface area contributed by atoms with E-state index in [9.17, 15) is 9.59 Å². The summed E-state index contributed by atoms with van der Waals surface area (Å²) in [6, 6.07) is 11.3. The zero-order valence-corrected chi connectivity index (χ0v) is 13.1. The van der Waals surface area contributed by atoms with Crippen molar-refractivity contribution in [1.29, 1.82) is 0 Å². The summed E-state index contributed by atoms with van der Waals surface area (Å²) >= 11 is 5.96. The largest absolute Gasteiger partial charge is 0.482 e. The summed E-state index contributed by atoms with van der Waals surface area (Å²) in [6.45, 7) is -0.278. The molecule has 7 heteroatoms. The van der Waals surface area contributed by atoms with Crippen molar-refractivity contribution in [3.05, 3.63) is 53.1 Å². The zero-order valence-electron chi connectivity index (χ0n) is 12.3.